The highest BCUT2D eigenvalue weighted by molar-refractivity contribution is 5.90. The van der Waals surface area contributed by atoms with Crippen LogP contribution in [0.25, 0.3) is 0 Å². The number of pyridine rings is 1. The first kappa shape index (κ1) is 17.6. The zero-order chi connectivity index (χ0) is 19.1. The first-order chi connectivity index (χ1) is 13.7. The number of aromatic nitrogens is 4. The van der Waals surface area contributed by atoms with Crippen LogP contribution >= 0.6 is 0 Å². The van der Waals surface area contributed by atoms with Crippen LogP contribution in [0.4, 0.5) is 0 Å². The van der Waals surface area contributed by atoms with E-state index in [-0.39, 0.29) is 23.2 Å². The van der Waals surface area contributed by atoms with E-state index in [0.717, 1.165) is 37.3 Å². The molecule has 0 spiro atoms. The van der Waals surface area contributed by atoms with Gasteiger partial charge in [-0.15, -0.1) is 0 Å². The lowest BCUT2D eigenvalue weighted by Gasteiger charge is -2.42. The number of rotatable bonds is 3. The van der Waals surface area contributed by atoms with Crippen LogP contribution in [0.3, 0.4) is 0 Å². The molecule has 2 bridgehead atoms. The van der Waals surface area contributed by atoms with Gasteiger partial charge in [-0.1, -0.05) is 12.5 Å². The normalized spacial score (nSPS) is 24.8. The van der Waals surface area contributed by atoms with Crippen LogP contribution in [0.15, 0.2) is 23.3 Å². The number of amides is 1. The summed E-state index contributed by atoms with van der Waals surface area (Å²) in [5, 5.41) is 6.44. The van der Waals surface area contributed by atoms with Gasteiger partial charge in [0.1, 0.15) is 6.33 Å². The Balaban J connectivity index is 1.38. The van der Waals surface area contributed by atoms with Gasteiger partial charge in [0.25, 0.3) is 11.5 Å². The molecule has 5 rings (SSSR count). The number of likely N-dealkylation sites (tertiary alicyclic amines) is 2. The number of hydrogen-bond donors (Lipinski definition) is 1. The monoisotopic (exact) mass is 382 g/mol. The van der Waals surface area contributed by atoms with Gasteiger partial charge in [-0.25, -0.2) is 4.98 Å². The molecule has 0 aromatic carbocycles. The van der Waals surface area contributed by atoms with Gasteiger partial charge in [0, 0.05) is 43.4 Å². The summed E-state index contributed by atoms with van der Waals surface area (Å²) in [5.74, 6) is 0.691. The Hall–Kier alpha value is -2.48. The molecule has 2 aromatic heterocycles. The average molecular weight is 382 g/mol. The lowest BCUT2D eigenvalue weighted by atomic mass is 9.83. The van der Waals surface area contributed by atoms with Crippen LogP contribution in [0, 0.1) is 5.92 Å². The summed E-state index contributed by atoms with van der Waals surface area (Å²) < 4.78 is 1.98. The van der Waals surface area contributed by atoms with Crippen LogP contribution in [-0.2, 0) is 13.1 Å². The minimum Gasteiger partial charge on any atom is -0.335 e. The van der Waals surface area contributed by atoms with Gasteiger partial charge in [0.15, 0.2) is 0 Å². The quantitative estimate of drug-likeness (QED) is 0.862. The maximum Gasteiger partial charge on any atom is 0.291 e. The Morgan fingerprint density at radius 1 is 1.14 bits per heavy atom. The molecule has 8 heteroatoms. The number of fused-ring (bicyclic) bond motifs is 4. The minimum atomic E-state index is -0.107. The lowest BCUT2D eigenvalue weighted by Crippen LogP contribution is -2.49. The van der Waals surface area contributed by atoms with Crippen molar-refractivity contribution >= 4 is 5.91 Å². The maximum absolute atomic E-state index is 13.2. The number of piperidine rings is 2. The van der Waals surface area contributed by atoms with Crippen molar-refractivity contribution in [3.63, 3.8) is 0 Å². The van der Waals surface area contributed by atoms with Crippen LogP contribution in [-0.4, -0.2) is 61.6 Å². The van der Waals surface area contributed by atoms with Crippen LogP contribution in [0.2, 0.25) is 0 Å². The summed E-state index contributed by atoms with van der Waals surface area (Å²) in [4.78, 5) is 34.1. The van der Waals surface area contributed by atoms with Crippen molar-refractivity contribution in [2.45, 2.75) is 44.7 Å². The molecule has 2 fully saturated rings. The summed E-state index contributed by atoms with van der Waals surface area (Å²) in [6.07, 6.45) is 6.14. The van der Waals surface area contributed by atoms with Crippen molar-refractivity contribution in [1.29, 1.82) is 0 Å². The smallest absolute Gasteiger partial charge is 0.291 e. The van der Waals surface area contributed by atoms with Gasteiger partial charge >= 0.3 is 0 Å². The Labute approximate surface area is 163 Å². The highest BCUT2D eigenvalue weighted by Gasteiger charge is 2.37. The number of nitrogens with zero attached hydrogens (tertiary/aromatic N) is 5. The molecular formula is C20H26N6O2. The third kappa shape index (κ3) is 3.15. The van der Waals surface area contributed by atoms with Crippen LogP contribution in [0.5, 0.6) is 0 Å². The number of aromatic amines is 1. The van der Waals surface area contributed by atoms with E-state index in [1.54, 1.807) is 0 Å². The first-order valence-corrected chi connectivity index (χ1v) is 10.3. The SMILES string of the molecule is O=C(c1ncn[nH]1)N1C[C@@H]2C[C@H](C1)c1ccc(CN3CCCCC3)c(=O)n1C2. The van der Waals surface area contributed by atoms with Crippen molar-refractivity contribution in [2.75, 3.05) is 26.2 Å². The third-order valence-electron chi connectivity index (χ3n) is 6.43. The van der Waals surface area contributed by atoms with E-state index in [4.69, 9.17) is 0 Å². The summed E-state index contributed by atoms with van der Waals surface area (Å²) in [6, 6.07) is 4.13. The van der Waals surface area contributed by atoms with Gasteiger partial charge in [0.05, 0.1) is 0 Å². The summed E-state index contributed by atoms with van der Waals surface area (Å²) in [5.41, 5.74) is 2.13. The zero-order valence-electron chi connectivity index (χ0n) is 16.0. The first-order valence-electron chi connectivity index (χ1n) is 10.3. The highest BCUT2D eigenvalue weighted by atomic mass is 16.2. The van der Waals surface area contributed by atoms with Crippen molar-refractivity contribution in [2.24, 2.45) is 5.92 Å². The fourth-order valence-electron chi connectivity index (χ4n) is 5.09. The fourth-order valence-corrected chi connectivity index (χ4v) is 5.09. The number of H-pyrrole nitrogens is 1. The molecule has 3 aliphatic rings. The van der Waals surface area contributed by atoms with Crippen molar-refractivity contribution in [3.05, 3.63) is 45.9 Å². The van der Waals surface area contributed by atoms with E-state index in [1.165, 1.54) is 25.6 Å². The molecule has 5 heterocycles. The van der Waals surface area contributed by atoms with Gasteiger partial charge in [-0.2, -0.15) is 5.10 Å². The zero-order valence-corrected chi connectivity index (χ0v) is 16.0. The van der Waals surface area contributed by atoms with Gasteiger partial charge in [0.2, 0.25) is 5.82 Å². The summed E-state index contributed by atoms with van der Waals surface area (Å²) in [6.45, 7) is 4.92. The molecular weight excluding hydrogens is 356 g/mol. The molecule has 0 aliphatic carbocycles. The second-order valence-corrected chi connectivity index (χ2v) is 8.38. The maximum atomic E-state index is 13.2. The largest absolute Gasteiger partial charge is 0.335 e. The Bertz CT molecular complexity index is 915. The van der Waals surface area contributed by atoms with Crippen LogP contribution < -0.4 is 5.56 Å². The Kier molecular flexibility index (Phi) is 4.50. The van der Waals surface area contributed by atoms with E-state index in [9.17, 15) is 9.59 Å². The van der Waals surface area contributed by atoms with Crippen molar-refractivity contribution in [1.82, 2.24) is 29.5 Å². The molecule has 8 nitrogen and oxygen atoms in total. The molecule has 0 radical (unpaired) electrons. The van der Waals surface area contributed by atoms with E-state index in [0.29, 0.717) is 25.6 Å². The molecule has 2 saturated heterocycles. The van der Waals surface area contributed by atoms with Crippen LogP contribution in [0.1, 0.15) is 53.5 Å². The molecule has 2 aromatic rings. The Morgan fingerprint density at radius 3 is 2.79 bits per heavy atom. The molecule has 148 valence electrons. The van der Waals surface area contributed by atoms with E-state index < -0.39 is 0 Å². The third-order valence-corrected chi connectivity index (χ3v) is 6.43. The second-order valence-electron chi connectivity index (χ2n) is 8.38. The molecule has 2 atom stereocenters. The number of carbonyl (C=O) groups is 1. The average Bonchev–Trinajstić information content (AvgIpc) is 3.25. The number of carbonyl (C=O) groups excluding carboxylic acids is 1. The lowest BCUT2D eigenvalue weighted by molar-refractivity contribution is 0.0582. The summed E-state index contributed by atoms with van der Waals surface area (Å²) in [7, 11) is 0. The molecule has 0 unspecified atom stereocenters. The van der Waals surface area contributed by atoms with Gasteiger partial charge in [-0.3, -0.25) is 19.6 Å². The predicted molar refractivity (Wildman–Crippen MR) is 103 cm³/mol. The standard InChI is InChI=1S/C20H26N6O2/c27-19-15(11-24-6-2-1-3-7-24)4-5-17-16-8-14(10-26(17)19)9-25(12-16)20(28)18-21-13-22-23-18/h4-5,13-14,16H,1-3,6-12H2,(H,21,22,23)/t14-,16+/m0/s1. The predicted octanol–water partition coefficient (Wildman–Crippen LogP) is 1.21. The van der Waals surface area contributed by atoms with Gasteiger partial charge < -0.3 is 9.47 Å². The molecule has 28 heavy (non-hydrogen) atoms. The molecule has 1 amide bonds. The topological polar surface area (TPSA) is 87.1 Å². The molecule has 3 aliphatic heterocycles. The minimum absolute atomic E-state index is 0.107. The number of nitrogens with one attached hydrogen (secondary N) is 1. The van der Waals surface area contributed by atoms with Crippen molar-refractivity contribution < 1.29 is 4.79 Å². The second kappa shape index (κ2) is 7.16. The van der Waals surface area contributed by atoms with E-state index in [2.05, 4.69) is 26.1 Å². The van der Waals surface area contributed by atoms with Crippen molar-refractivity contribution in [3.8, 4) is 0 Å². The van der Waals surface area contributed by atoms with E-state index >= 15 is 0 Å². The fraction of sp³-hybridized carbons (Fsp3) is 0.600. The number of hydrogen-bond acceptors (Lipinski definition) is 5. The Morgan fingerprint density at radius 2 is 2.00 bits per heavy atom. The molecule has 0 saturated carbocycles. The van der Waals surface area contributed by atoms with E-state index in [1.807, 2.05) is 15.5 Å². The summed E-state index contributed by atoms with van der Waals surface area (Å²) >= 11 is 0. The highest BCUT2D eigenvalue weighted by Crippen LogP contribution is 2.35. The van der Waals surface area contributed by atoms with Gasteiger partial charge in [-0.05, 0) is 44.3 Å². The molecule has 1 N–H and O–H groups in total.